The van der Waals surface area contributed by atoms with E-state index in [0.717, 1.165) is 16.7 Å². The minimum Gasteiger partial charge on any atom is -0.261 e. The van der Waals surface area contributed by atoms with Gasteiger partial charge < -0.3 is 0 Å². The topological polar surface area (TPSA) is 50.2 Å². The number of hydrogen-bond donors (Lipinski definition) is 1. The number of rotatable bonds is 2. The van der Waals surface area contributed by atoms with Crippen LogP contribution in [0.5, 0.6) is 0 Å². The molecule has 70 valence electrons. The second-order valence-electron chi connectivity index (χ2n) is 2.74. The number of nitrogens with zero attached hydrogens (tertiary/aromatic N) is 3. The minimum atomic E-state index is 0.730. The average Bonchev–Trinajstić information content (AvgIpc) is 2.26. The first-order chi connectivity index (χ1) is 6.92. The maximum atomic E-state index is 4.15. The Bertz CT molecular complexity index is 459. The van der Waals surface area contributed by atoms with Crippen molar-refractivity contribution in [3.8, 4) is 0 Å². The molecule has 2 aromatic rings. The Hall–Kier alpha value is -1.97. The lowest BCUT2D eigenvalue weighted by atomic mass is 10.2. The van der Waals surface area contributed by atoms with Crippen molar-refractivity contribution in [2.75, 3.05) is 5.43 Å². The summed E-state index contributed by atoms with van der Waals surface area (Å²) in [6, 6.07) is 7.80. The Morgan fingerprint density at radius 2 is 2.14 bits per heavy atom. The van der Waals surface area contributed by atoms with Gasteiger partial charge in [0.2, 0.25) is 0 Å². The van der Waals surface area contributed by atoms with Crippen molar-refractivity contribution in [3.05, 3.63) is 30.6 Å². The van der Waals surface area contributed by atoms with Gasteiger partial charge in [0.25, 0.3) is 0 Å². The average molecular weight is 186 g/mol. The zero-order valence-electron chi connectivity index (χ0n) is 7.81. The highest BCUT2D eigenvalue weighted by atomic mass is 15.3. The first-order valence-electron chi connectivity index (χ1n) is 4.35. The van der Waals surface area contributed by atoms with Crippen LogP contribution in [-0.2, 0) is 0 Å². The third-order valence-corrected chi connectivity index (χ3v) is 1.84. The molecule has 0 aliphatic heterocycles. The van der Waals surface area contributed by atoms with Gasteiger partial charge in [0.05, 0.1) is 5.52 Å². The lowest BCUT2D eigenvalue weighted by Gasteiger charge is -2.02. The molecule has 0 saturated heterocycles. The second kappa shape index (κ2) is 3.83. The molecule has 0 aliphatic rings. The summed E-state index contributed by atoms with van der Waals surface area (Å²) < 4.78 is 0. The number of benzene rings is 1. The number of aromatic nitrogens is 2. The van der Waals surface area contributed by atoms with Crippen LogP contribution in [0, 0.1) is 0 Å². The molecule has 0 radical (unpaired) electrons. The van der Waals surface area contributed by atoms with E-state index in [1.54, 1.807) is 6.21 Å². The summed E-state index contributed by atoms with van der Waals surface area (Å²) in [6.45, 7) is 1.84. The summed E-state index contributed by atoms with van der Waals surface area (Å²) in [7, 11) is 0. The summed E-state index contributed by atoms with van der Waals surface area (Å²) in [4.78, 5) is 8.26. The van der Waals surface area contributed by atoms with Gasteiger partial charge in [-0.2, -0.15) is 5.10 Å². The van der Waals surface area contributed by atoms with Crippen molar-refractivity contribution >= 4 is 22.9 Å². The smallest absolute Gasteiger partial charge is 0.157 e. The lowest BCUT2D eigenvalue weighted by Crippen LogP contribution is -1.94. The van der Waals surface area contributed by atoms with E-state index in [1.165, 1.54) is 6.33 Å². The molecule has 1 N–H and O–H groups in total. The third kappa shape index (κ3) is 1.54. The van der Waals surface area contributed by atoms with Gasteiger partial charge in [-0.1, -0.05) is 12.1 Å². The van der Waals surface area contributed by atoms with Crippen molar-refractivity contribution in [2.45, 2.75) is 6.92 Å². The summed E-state index contributed by atoms with van der Waals surface area (Å²) in [5, 5.41) is 4.90. The Morgan fingerprint density at radius 1 is 1.29 bits per heavy atom. The molecule has 0 fully saturated rings. The van der Waals surface area contributed by atoms with Crippen molar-refractivity contribution in [2.24, 2.45) is 5.10 Å². The number of fused-ring (bicyclic) bond motifs is 1. The van der Waals surface area contributed by atoms with E-state index in [-0.39, 0.29) is 0 Å². The molecule has 0 saturated carbocycles. The quantitative estimate of drug-likeness (QED) is 0.576. The van der Waals surface area contributed by atoms with Crippen molar-refractivity contribution < 1.29 is 0 Å². The van der Waals surface area contributed by atoms with E-state index >= 15 is 0 Å². The Labute approximate surface area is 81.7 Å². The number of nitrogens with one attached hydrogen (secondary N) is 1. The van der Waals surface area contributed by atoms with Gasteiger partial charge in [-0.05, 0) is 19.1 Å². The number of para-hydroxylation sites is 1. The molecule has 1 aromatic heterocycles. The van der Waals surface area contributed by atoms with Crippen LogP contribution in [0.25, 0.3) is 10.9 Å². The molecule has 0 atom stereocenters. The Morgan fingerprint density at radius 3 is 3.00 bits per heavy atom. The molecule has 4 heteroatoms. The molecule has 0 spiro atoms. The van der Waals surface area contributed by atoms with Crippen LogP contribution in [-0.4, -0.2) is 16.2 Å². The summed E-state index contributed by atoms with van der Waals surface area (Å²) in [5.74, 6) is 0.730. The molecular formula is C10H10N4. The lowest BCUT2D eigenvalue weighted by molar-refractivity contribution is 1.18. The zero-order chi connectivity index (χ0) is 9.80. The van der Waals surface area contributed by atoms with Gasteiger partial charge in [-0.3, -0.25) is 5.43 Å². The van der Waals surface area contributed by atoms with Crippen LogP contribution in [0.2, 0.25) is 0 Å². The highest BCUT2D eigenvalue weighted by Crippen LogP contribution is 2.17. The Balaban J connectivity index is 2.53. The van der Waals surface area contributed by atoms with Crippen LogP contribution in [0.15, 0.2) is 35.7 Å². The fourth-order valence-electron chi connectivity index (χ4n) is 1.22. The molecule has 1 aromatic carbocycles. The third-order valence-electron chi connectivity index (χ3n) is 1.84. The molecule has 0 aliphatic carbocycles. The predicted molar refractivity (Wildman–Crippen MR) is 57.3 cm³/mol. The van der Waals surface area contributed by atoms with Crippen molar-refractivity contribution in [1.29, 1.82) is 0 Å². The number of hydrogen-bond acceptors (Lipinski definition) is 4. The minimum absolute atomic E-state index is 0.730. The molecule has 0 unspecified atom stereocenters. The monoisotopic (exact) mass is 186 g/mol. The van der Waals surface area contributed by atoms with E-state index in [1.807, 2.05) is 31.2 Å². The highest BCUT2D eigenvalue weighted by Gasteiger charge is 1.99. The normalized spacial score (nSPS) is 10.9. The first kappa shape index (κ1) is 8.62. The molecule has 1 heterocycles. The standard InChI is InChI=1S/C10H10N4/c1-2-13-14-10-8-5-3-4-6-9(8)11-7-12-10/h2-7H,1H3,(H,11,12,14)/b13-2+. The summed E-state index contributed by atoms with van der Waals surface area (Å²) in [6.07, 6.45) is 3.20. The first-order valence-corrected chi connectivity index (χ1v) is 4.35. The number of hydrazone groups is 1. The van der Waals surface area contributed by atoms with E-state index in [2.05, 4.69) is 20.5 Å². The molecule has 14 heavy (non-hydrogen) atoms. The maximum absolute atomic E-state index is 4.15. The van der Waals surface area contributed by atoms with Gasteiger partial charge in [-0.15, -0.1) is 0 Å². The Kier molecular flexibility index (Phi) is 2.36. The van der Waals surface area contributed by atoms with E-state index < -0.39 is 0 Å². The van der Waals surface area contributed by atoms with E-state index in [0.29, 0.717) is 0 Å². The molecule has 2 rings (SSSR count). The van der Waals surface area contributed by atoms with E-state index in [4.69, 9.17) is 0 Å². The largest absolute Gasteiger partial charge is 0.261 e. The summed E-state index contributed by atoms with van der Waals surface area (Å²) in [5.41, 5.74) is 3.77. The van der Waals surface area contributed by atoms with Gasteiger partial charge in [0.1, 0.15) is 6.33 Å². The van der Waals surface area contributed by atoms with Crippen LogP contribution < -0.4 is 5.43 Å². The fraction of sp³-hybridized carbons (Fsp3) is 0.100. The molecule has 4 nitrogen and oxygen atoms in total. The van der Waals surface area contributed by atoms with Crippen LogP contribution in [0.4, 0.5) is 5.82 Å². The molecular weight excluding hydrogens is 176 g/mol. The fourth-order valence-corrected chi connectivity index (χ4v) is 1.22. The molecule has 0 amide bonds. The van der Waals surface area contributed by atoms with Crippen molar-refractivity contribution in [1.82, 2.24) is 9.97 Å². The number of anilines is 1. The predicted octanol–water partition coefficient (Wildman–Crippen LogP) is 2.05. The van der Waals surface area contributed by atoms with Crippen molar-refractivity contribution in [3.63, 3.8) is 0 Å². The van der Waals surface area contributed by atoms with Gasteiger partial charge in [-0.25, -0.2) is 9.97 Å². The zero-order valence-corrected chi connectivity index (χ0v) is 7.81. The van der Waals surface area contributed by atoms with Gasteiger partial charge in [0, 0.05) is 11.6 Å². The SMILES string of the molecule is C/C=N/Nc1ncnc2ccccc12. The maximum Gasteiger partial charge on any atom is 0.157 e. The van der Waals surface area contributed by atoms with Crippen LogP contribution >= 0.6 is 0 Å². The van der Waals surface area contributed by atoms with Gasteiger partial charge in [0.15, 0.2) is 5.82 Å². The van der Waals surface area contributed by atoms with Crippen LogP contribution in [0.3, 0.4) is 0 Å². The second-order valence-corrected chi connectivity index (χ2v) is 2.74. The summed E-state index contributed by atoms with van der Waals surface area (Å²) >= 11 is 0. The van der Waals surface area contributed by atoms with E-state index in [9.17, 15) is 0 Å². The molecule has 0 bridgehead atoms. The van der Waals surface area contributed by atoms with Crippen LogP contribution in [0.1, 0.15) is 6.92 Å². The highest BCUT2D eigenvalue weighted by molar-refractivity contribution is 5.88. The van der Waals surface area contributed by atoms with Gasteiger partial charge >= 0.3 is 0 Å².